The highest BCUT2D eigenvalue weighted by Crippen LogP contribution is 2.24. The van der Waals surface area contributed by atoms with Crippen molar-refractivity contribution in [2.24, 2.45) is 0 Å². The number of thioether (sulfide) groups is 1. The highest BCUT2D eigenvalue weighted by molar-refractivity contribution is 7.98. The molecule has 4 nitrogen and oxygen atoms in total. The van der Waals surface area contributed by atoms with Crippen LogP contribution >= 0.6 is 23.1 Å². The molecule has 0 aliphatic heterocycles. The van der Waals surface area contributed by atoms with Crippen LogP contribution in [0.4, 0.5) is 0 Å². The van der Waals surface area contributed by atoms with E-state index in [9.17, 15) is 0 Å². The summed E-state index contributed by atoms with van der Waals surface area (Å²) in [6.07, 6.45) is 0. The number of nitrogens with zero attached hydrogens (tertiary/aromatic N) is 2. The lowest BCUT2D eigenvalue weighted by molar-refractivity contribution is 0.282. The van der Waals surface area contributed by atoms with Gasteiger partial charge in [-0.25, -0.2) is 0 Å². The Kier molecular flexibility index (Phi) is 4.15. The topological polar surface area (TPSA) is 59.2 Å². The van der Waals surface area contributed by atoms with E-state index in [0.29, 0.717) is 17.5 Å². The van der Waals surface area contributed by atoms with Gasteiger partial charge < -0.3 is 9.63 Å². The fourth-order valence-electron chi connectivity index (χ4n) is 1.65. The second-order valence-corrected chi connectivity index (χ2v) is 5.95. The second-order valence-electron chi connectivity index (χ2n) is 4.12. The second kappa shape index (κ2) is 6.21. The quantitative estimate of drug-likeness (QED) is 0.730. The number of benzene rings is 1. The summed E-state index contributed by atoms with van der Waals surface area (Å²) in [6.45, 7) is 0.0692. The predicted octanol–water partition coefficient (Wildman–Crippen LogP) is 3.58. The first kappa shape index (κ1) is 13.4. The minimum absolute atomic E-state index is 0.0692. The molecule has 0 saturated heterocycles. The summed E-state index contributed by atoms with van der Waals surface area (Å²) < 4.78 is 5.23. The highest BCUT2D eigenvalue weighted by atomic mass is 32.2. The third kappa shape index (κ3) is 3.09. The molecule has 2 heterocycles. The lowest BCUT2D eigenvalue weighted by Gasteiger charge is -1.99. The molecule has 6 heteroatoms. The Labute approximate surface area is 124 Å². The molecule has 0 unspecified atom stereocenters. The molecule has 0 atom stereocenters. The van der Waals surface area contributed by atoms with Crippen LogP contribution in [0.15, 0.2) is 50.5 Å². The fourth-order valence-corrected chi connectivity index (χ4v) is 3.03. The average Bonchev–Trinajstić information content (AvgIpc) is 3.16. The van der Waals surface area contributed by atoms with E-state index in [1.165, 1.54) is 0 Å². The first-order valence-electron chi connectivity index (χ1n) is 6.03. The van der Waals surface area contributed by atoms with Crippen molar-refractivity contribution in [2.45, 2.75) is 17.3 Å². The van der Waals surface area contributed by atoms with Gasteiger partial charge in [0.2, 0.25) is 0 Å². The van der Waals surface area contributed by atoms with E-state index in [1.807, 2.05) is 41.1 Å². The van der Waals surface area contributed by atoms with Crippen molar-refractivity contribution in [2.75, 3.05) is 0 Å². The molecule has 0 spiro atoms. The van der Waals surface area contributed by atoms with Gasteiger partial charge in [0.1, 0.15) is 0 Å². The maximum Gasteiger partial charge on any atom is 0.258 e. The van der Waals surface area contributed by atoms with Gasteiger partial charge in [0.25, 0.3) is 5.89 Å². The van der Waals surface area contributed by atoms with Crippen molar-refractivity contribution < 1.29 is 9.63 Å². The van der Waals surface area contributed by atoms with Crippen LogP contribution in [0.5, 0.6) is 0 Å². The largest absolute Gasteiger partial charge is 0.392 e. The Morgan fingerprint density at radius 2 is 2.05 bits per heavy atom. The molecule has 0 aliphatic rings. The molecule has 0 fully saturated rings. The van der Waals surface area contributed by atoms with Crippen LogP contribution in [-0.2, 0) is 12.4 Å². The molecule has 0 radical (unpaired) electrons. The lowest BCUT2D eigenvalue weighted by Crippen LogP contribution is -1.85. The van der Waals surface area contributed by atoms with Gasteiger partial charge >= 0.3 is 0 Å². The smallest absolute Gasteiger partial charge is 0.258 e. The van der Waals surface area contributed by atoms with Crippen LogP contribution in [0.1, 0.15) is 11.4 Å². The Hall–Kier alpha value is -1.63. The molecule has 0 saturated carbocycles. The normalized spacial score (nSPS) is 10.8. The summed E-state index contributed by atoms with van der Waals surface area (Å²) in [5.41, 5.74) is 1.87. The summed E-state index contributed by atoms with van der Waals surface area (Å²) >= 11 is 3.24. The van der Waals surface area contributed by atoms with E-state index < -0.39 is 0 Å². The molecule has 3 aromatic rings. The summed E-state index contributed by atoms with van der Waals surface area (Å²) in [5, 5.41) is 16.9. The molecule has 0 bridgehead atoms. The zero-order chi connectivity index (χ0) is 13.8. The fraction of sp³-hybridized carbons (Fsp3) is 0.143. The summed E-state index contributed by atoms with van der Waals surface area (Å²) in [6, 6.07) is 9.75. The standard InChI is InChI=1S/C14H12N2O2S2/c17-7-10-1-3-12(4-2-10)20-9-13-15-14(18-16-13)11-5-6-19-8-11/h1-6,8,17H,7,9H2. The minimum atomic E-state index is 0.0692. The van der Waals surface area contributed by atoms with E-state index in [2.05, 4.69) is 10.1 Å². The van der Waals surface area contributed by atoms with Crippen molar-refractivity contribution in [3.05, 3.63) is 52.5 Å². The molecule has 3 rings (SSSR count). The van der Waals surface area contributed by atoms with Gasteiger partial charge in [0.05, 0.1) is 17.9 Å². The molecule has 20 heavy (non-hydrogen) atoms. The third-order valence-corrected chi connectivity index (χ3v) is 4.40. The van der Waals surface area contributed by atoms with E-state index in [0.717, 1.165) is 16.0 Å². The molecule has 1 aromatic carbocycles. The van der Waals surface area contributed by atoms with Crippen molar-refractivity contribution in [3.8, 4) is 11.5 Å². The first-order chi connectivity index (χ1) is 9.85. The number of thiophene rings is 1. The van der Waals surface area contributed by atoms with E-state index in [4.69, 9.17) is 9.63 Å². The third-order valence-electron chi connectivity index (χ3n) is 2.71. The van der Waals surface area contributed by atoms with Gasteiger partial charge in [-0.15, -0.1) is 11.8 Å². The highest BCUT2D eigenvalue weighted by Gasteiger charge is 2.09. The van der Waals surface area contributed by atoms with Crippen LogP contribution in [0, 0.1) is 0 Å². The summed E-state index contributed by atoms with van der Waals surface area (Å²) in [5.74, 6) is 1.91. The Morgan fingerprint density at radius 3 is 2.75 bits per heavy atom. The van der Waals surface area contributed by atoms with Crippen molar-refractivity contribution in [3.63, 3.8) is 0 Å². The van der Waals surface area contributed by atoms with Crippen molar-refractivity contribution >= 4 is 23.1 Å². The molecule has 2 aromatic heterocycles. The van der Waals surface area contributed by atoms with Gasteiger partial charge in [-0.1, -0.05) is 17.3 Å². The van der Waals surface area contributed by atoms with Crippen LogP contribution in [-0.4, -0.2) is 15.2 Å². The Morgan fingerprint density at radius 1 is 1.20 bits per heavy atom. The zero-order valence-electron chi connectivity index (χ0n) is 10.5. The summed E-state index contributed by atoms with van der Waals surface area (Å²) in [7, 11) is 0. The van der Waals surface area contributed by atoms with Gasteiger partial charge in [0.15, 0.2) is 5.82 Å². The van der Waals surface area contributed by atoms with Gasteiger partial charge in [-0.05, 0) is 29.1 Å². The Bertz CT molecular complexity index is 663. The van der Waals surface area contributed by atoms with Gasteiger partial charge in [-0.2, -0.15) is 16.3 Å². The van der Waals surface area contributed by atoms with Gasteiger partial charge in [0, 0.05) is 10.3 Å². The average molecular weight is 304 g/mol. The SMILES string of the molecule is OCc1ccc(SCc2noc(-c3ccsc3)n2)cc1. The molecular formula is C14H12N2O2S2. The van der Waals surface area contributed by atoms with E-state index in [1.54, 1.807) is 23.1 Å². The number of aromatic nitrogens is 2. The van der Waals surface area contributed by atoms with E-state index in [-0.39, 0.29) is 6.61 Å². The number of rotatable bonds is 5. The van der Waals surface area contributed by atoms with Crippen molar-refractivity contribution in [1.82, 2.24) is 10.1 Å². The molecular weight excluding hydrogens is 292 g/mol. The maximum atomic E-state index is 8.99. The summed E-state index contributed by atoms with van der Waals surface area (Å²) in [4.78, 5) is 5.48. The number of hydrogen-bond acceptors (Lipinski definition) is 6. The zero-order valence-corrected chi connectivity index (χ0v) is 12.2. The van der Waals surface area contributed by atoms with Crippen LogP contribution in [0.3, 0.4) is 0 Å². The molecule has 0 amide bonds. The monoisotopic (exact) mass is 304 g/mol. The van der Waals surface area contributed by atoms with Gasteiger partial charge in [-0.3, -0.25) is 0 Å². The maximum absolute atomic E-state index is 8.99. The molecule has 102 valence electrons. The molecule has 0 aliphatic carbocycles. The molecule has 1 N–H and O–H groups in total. The lowest BCUT2D eigenvalue weighted by atomic mass is 10.2. The number of aliphatic hydroxyl groups excluding tert-OH is 1. The van der Waals surface area contributed by atoms with Crippen molar-refractivity contribution in [1.29, 1.82) is 0 Å². The predicted molar refractivity (Wildman–Crippen MR) is 79.5 cm³/mol. The van der Waals surface area contributed by atoms with Crippen LogP contribution in [0.25, 0.3) is 11.5 Å². The number of aliphatic hydroxyl groups is 1. The Balaban J connectivity index is 1.63. The first-order valence-corrected chi connectivity index (χ1v) is 7.96. The minimum Gasteiger partial charge on any atom is -0.392 e. The number of hydrogen-bond donors (Lipinski definition) is 1. The van der Waals surface area contributed by atoms with Crippen LogP contribution in [0.2, 0.25) is 0 Å². The van der Waals surface area contributed by atoms with E-state index >= 15 is 0 Å². The van der Waals surface area contributed by atoms with Crippen LogP contribution < -0.4 is 0 Å².